The topological polar surface area (TPSA) is 73.6 Å². The van der Waals surface area contributed by atoms with Crippen molar-refractivity contribution >= 4 is 17.1 Å². The van der Waals surface area contributed by atoms with Gasteiger partial charge in [-0.05, 0) is 36.8 Å². The number of benzene rings is 2. The van der Waals surface area contributed by atoms with Crippen LogP contribution in [-0.2, 0) is 6.54 Å². The molecule has 6 nitrogen and oxygen atoms in total. The van der Waals surface area contributed by atoms with Crippen LogP contribution in [-0.4, -0.2) is 27.6 Å². The van der Waals surface area contributed by atoms with Gasteiger partial charge in [0.25, 0.3) is 0 Å². The number of carbonyl (C=O) groups is 1. The Hall–Kier alpha value is -3.09. The van der Waals surface area contributed by atoms with Crippen LogP contribution in [0.2, 0.25) is 0 Å². The number of fused-ring (bicyclic) bond motifs is 1. The Bertz CT molecular complexity index is 907. The molecule has 3 rings (SSSR count). The monoisotopic (exact) mass is 344 g/mol. The van der Waals surface area contributed by atoms with Crippen molar-refractivity contribution in [3.8, 4) is 11.5 Å². The van der Waals surface area contributed by atoms with Gasteiger partial charge in [0.05, 0.1) is 30.3 Å². The van der Waals surface area contributed by atoms with Gasteiger partial charge < -0.3 is 14.6 Å². The molecule has 1 aromatic heterocycles. The van der Waals surface area contributed by atoms with E-state index in [9.17, 15) is 9.18 Å². The first-order chi connectivity index (χ1) is 12.1. The fraction of sp³-hybridized carbons (Fsp3) is 0.222. The van der Waals surface area contributed by atoms with Crippen molar-refractivity contribution < 1.29 is 23.8 Å². The highest BCUT2D eigenvalue weighted by Crippen LogP contribution is 2.27. The number of rotatable bonds is 6. The molecule has 25 heavy (non-hydrogen) atoms. The Morgan fingerprint density at radius 1 is 1.28 bits per heavy atom. The van der Waals surface area contributed by atoms with E-state index in [2.05, 4.69) is 5.10 Å². The van der Waals surface area contributed by atoms with Crippen LogP contribution in [0.3, 0.4) is 0 Å². The molecule has 1 N–H and O–H groups in total. The van der Waals surface area contributed by atoms with E-state index in [1.807, 2.05) is 6.92 Å². The minimum Gasteiger partial charge on any atom is -0.493 e. The third kappa shape index (κ3) is 3.71. The Kier molecular flexibility index (Phi) is 4.83. The van der Waals surface area contributed by atoms with Crippen molar-refractivity contribution in [2.45, 2.75) is 19.9 Å². The maximum Gasteiger partial charge on any atom is 0.511 e. The molecule has 0 amide bonds. The molecule has 0 radical (unpaired) electrons. The van der Waals surface area contributed by atoms with Crippen LogP contribution in [0.5, 0.6) is 11.5 Å². The number of nitrogens with zero attached hydrogens (tertiary/aromatic N) is 2. The number of ether oxygens (including phenoxy) is 2. The zero-order chi connectivity index (χ0) is 17.8. The lowest BCUT2D eigenvalue weighted by Gasteiger charge is -2.12. The van der Waals surface area contributed by atoms with Gasteiger partial charge in [0.2, 0.25) is 0 Å². The van der Waals surface area contributed by atoms with Crippen LogP contribution in [0, 0.1) is 5.82 Å². The molecular weight excluding hydrogens is 327 g/mol. The van der Waals surface area contributed by atoms with Crippen molar-refractivity contribution in [2.24, 2.45) is 0 Å². The number of hydrogen-bond donors (Lipinski definition) is 1. The molecule has 0 aliphatic heterocycles. The highest BCUT2D eigenvalue weighted by Gasteiger charge is 2.13. The largest absolute Gasteiger partial charge is 0.511 e. The summed E-state index contributed by atoms with van der Waals surface area (Å²) in [6.07, 6.45) is 0.984. The van der Waals surface area contributed by atoms with E-state index < -0.39 is 6.16 Å². The van der Waals surface area contributed by atoms with Crippen LogP contribution in [0.1, 0.15) is 18.9 Å². The van der Waals surface area contributed by atoms with Gasteiger partial charge >= 0.3 is 6.16 Å². The molecule has 0 saturated heterocycles. The van der Waals surface area contributed by atoms with Crippen molar-refractivity contribution in [3.05, 3.63) is 54.0 Å². The summed E-state index contributed by atoms with van der Waals surface area (Å²) in [6, 6.07) is 9.40. The van der Waals surface area contributed by atoms with Gasteiger partial charge in [-0.15, -0.1) is 0 Å². The number of hydrogen-bond acceptors (Lipinski definition) is 4. The van der Waals surface area contributed by atoms with Crippen LogP contribution in [0.25, 0.3) is 10.9 Å². The summed E-state index contributed by atoms with van der Waals surface area (Å²) >= 11 is 0. The molecule has 0 spiro atoms. The van der Waals surface area contributed by atoms with E-state index in [4.69, 9.17) is 14.6 Å². The standard InChI is InChI=1S/C18H17FN2O4/c1-2-8-24-16-7-6-13(19)9-12(16)11-21-15-4-3-5-17(25-18(22)23)14(15)10-20-21/h3-7,9-10H,2,8,11H2,1H3,(H,22,23). The SMILES string of the molecule is CCCOc1ccc(F)cc1Cn1ncc2c(OC(=O)O)cccc21. The lowest BCUT2D eigenvalue weighted by atomic mass is 10.2. The van der Waals surface area contributed by atoms with Gasteiger partial charge in [0.1, 0.15) is 17.3 Å². The van der Waals surface area contributed by atoms with Crippen LogP contribution in [0.15, 0.2) is 42.6 Å². The highest BCUT2D eigenvalue weighted by molar-refractivity contribution is 5.86. The minimum absolute atomic E-state index is 0.206. The smallest absolute Gasteiger partial charge is 0.493 e. The van der Waals surface area contributed by atoms with Crippen molar-refractivity contribution in [2.75, 3.05) is 6.61 Å². The Morgan fingerprint density at radius 3 is 2.88 bits per heavy atom. The van der Waals surface area contributed by atoms with E-state index in [-0.39, 0.29) is 18.1 Å². The molecule has 0 aliphatic rings. The predicted octanol–water partition coefficient (Wildman–Crippen LogP) is 4.07. The Labute approximate surface area is 143 Å². The summed E-state index contributed by atoms with van der Waals surface area (Å²) < 4.78 is 25.7. The molecule has 0 saturated carbocycles. The number of halogens is 1. The maximum absolute atomic E-state index is 13.6. The maximum atomic E-state index is 13.6. The van der Waals surface area contributed by atoms with E-state index in [1.54, 1.807) is 28.9 Å². The second kappa shape index (κ2) is 7.21. The second-order valence-electron chi connectivity index (χ2n) is 5.46. The van der Waals surface area contributed by atoms with Crippen LogP contribution in [0.4, 0.5) is 9.18 Å². The summed E-state index contributed by atoms with van der Waals surface area (Å²) in [6.45, 7) is 2.82. The predicted molar refractivity (Wildman–Crippen MR) is 89.7 cm³/mol. The van der Waals surface area contributed by atoms with Gasteiger partial charge in [-0.2, -0.15) is 5.10 Å². The fourth-order valence-corrected chi connectivity index (χ4v) is 2.57. The molecule has 0 unspecified atom stereocenters. The third-order valence-electron chi connectivity index (χ3n) is 3.65. The molecule has 0 atom stereocenters. The lowest BCUT2D eigenvalue weighted by Crippen LogP contribution is -2.06. The molecule has 7 heteroatoms. The molecule has 0 bridgehead atoms. The summed E-state index contributed by atoms with van der Waals surface area (Å²) in [5, 5.41) is 13.7. The molecule has 1 heterocycles. The van der Waals surface area contributed by atoms with E-state index in [0.29, 0.717) is 28.8 Å². The molecule has 3 aromatic rings. The molecule has 0 aliphatic carbocycles. The van der Waals surface area contributed by atoms with Crippen molar-refractivity contribution in [3.63, 3.8) is 0 Å². The number of carboxylic acid groups (broad SMARTS) is 1. The summed E-state index contributed by atoms with van der Waals surface area (Å²) in [4.78, 5) is 10.8. The van der Waals surface area contributed by atoms with Crippen molar-refractivity contribution in [1.82, 2.24) is 9.78 Å². The van der Waals surface area contributed by atoms with E-state index >= 15 is 0 Å². The van der Waals surface area contributed by atoms with Crippen molar-refractivity contribution in [1.29, 1.82) is 0 Å². The van der Waals surface area contributed by atoms with Gasteiger partial charge in [-0.3, -0.25) is 4.68 Å². The highest BCUT2D eigenvalue weighted by atomic mass is 19.1. The summed E-state index contributed by atoms with van der Waals surface area (Å²) in [5.41, 5.74) is 1.34. The Balaban J connectivity index is 1.96. The quantitative estimate of drug-likeness (QED) is 0.539. The van der Waals surface area contributed by atoms with Gasteiger partial charge in [0.15, 0.2) is 0 Å². The second-order valence-corrected chi connectivity index (χ2v) is 5.46. The van der Waals surface area contributed by atoms with Crippen LogP contribution >= 0.6 is 0 Å². The van der Waals surface area contributed by atoms with Gasteiger partial charge in [0, 0.05) is 5.56 Å². The summed E-state index contributed by atoms with van der Waals surface area (Å²) in [5.74, 6) is 0.452. The first-order valence-electron chi connectivity index (χ1n) is 7.85. The van der Waals surface area contributed by atoms with Crippen LogP contribution < -0.4 is 9.47 Å². The Morgan fingerprint density at radius 2 is 2.12 bits per heavy atom. The fourth-order valence-electron chi connectivity index (χ4n) is 2.57. The van der Waals surface area contributed by atoms with E-state index in [1.165, 1.54) is 18.3 Å². The third-order valence-corrected chi connectivity index (χ3v) is 3.65. The average Bonchev–Trinajstić information content (AvgIpc) is 2.98. The van der Waals surface area contributed by atoms with Gasteiger partial charge in [-0.1, -0.05) is 13.0 Å². The zero-order valence-corrected chi connectivity index (χ0v) is 13.6. The number of aromatic nitrogens is 2. The minimum atomic E-state index is -1.39. The molecule has 0 fully saturated rings. The van der Waals surface area contributed by atoms with Gasteiger partial charge in [-0.25, -0.2) is 9.18 Å². The zero-order valence-electron chi connectivity index (χ0n) is 13.6. The first-order valence-corrected chi connectivity index (χ1v) is 7.85. The van der Waals surface area contributed by atoms with E-state index in [0.717, 1.165) is 6.42 Å². The lowest BCUT2D eigenvalue weighted by molar-refractivity contribution is 0.145. The normalized spacial score (nSPS) is 10.8. The molecule has 130 valence electrons. The first kappa shape index (κ1) is 16.8. The molecular formula is C18H17FN2O4. The summed E-state index contributed by atoms with van der Waals surface area (Å²) in [7, 11) is 0. The molecule has 2 aromatic carbocycles. The average molecular weight is 344 g/mol.